The highest BCUT2D eigenvalue weighted by Gasteiger charge is 2.20. The molecule has 0 bridgehead atoms. The van der Waals surface area contributed by atoms with E-state index in [4.69, 9.17) is 4.74 Å². The minimum absolute atomic E-state index is 0.821. The van der Waals surface area contributed by atoms with Gasteiger partial charge in [-0.2, -0.15) is 0 Å². The number of unbranched alkanes of at least 4 members (excludes halogenated alkanes) is 5. The van der Waals surface area contributed by atoms with E-state index in [2.05, 4.69) is 73.7 Å². The molecule has 0 atom stereocenters. The van der Waals surface area contributed by atoms with Crippen molar-refractivity contribution in [3.05, 3.63) is 77.9 Å². The Bertz CT molecular complexity index is 908. The fourth-order valence-corrected chi connectivity index (χ4v) is 4.23. The third-order valence-corrected chi connectivity index (χ3v) is 5.78. The van der Waals surface area contributed by atoms with Crippen LogP contribution in [0.2, 0.25) is 0 Å². The van der Waals surface area contributed by atoms with Crippen molar-refractivity contribution in [2.45, 2.75) is 51.9 Å². The molecule has 0 saturated carbocycles. The summed E-state index contributed by atoms with van der Waals surface area (Å²) in [4.78, 5) is 0. The van der Waals surface area contributed by atoms with Gasteiger partial charge in [-0.1, -0.05) is 93.6 Å². The molecule has 0 amide bonds. The van der Waals surface area contributed by atoms with Crippen LogP contribution in [0.1, 0.15) is 56.6 Å². The Morgan fingerprint density at radius 1 is 0.679 bits per heavy atom. The molecule has 0 N–H and O–H groups in total. The molecule has 0 heterocycles. The fourth-order valence-electron chi connectivity index (χ4n) is 4.23. The van der Waals surface area contributed by atoms with E-state index in [0.717, 1.165) is 25.2 Å². The normalized spacial score (nSPS) is 11.9. The number of hydrogen-bond acceptors (Lipinski definition) is 1. The topological polar surface area (TPSA) is 9.23 Å². The monoisotopic (exact) mass is 370 g/mol. The lowest BCUT2D eigenvalue weighted by molar-refractivity contribution is 0.304. The summed E-state index contributed by atoms with van der Waals surface area (Å²) in [6, 6.07) is 24.1. The maximum absolute atomic E-state index is 5.95. The molecule has 4 rings (SSSR count). The van der Waals surface area contributed by atoms with Crippen LogP contribution in [0.25, 0.3) is 22.3 Å². The highest BCUT2D eigenvalue weighted by atomic mass is 16.5. The largest absolute Gasteiger partial charge is 0.494 e. The third kappa shape index (κ3) is 4.14. The average molecular weight is 371 g/mol. The molecular weight excluding hydrogens is 340 g/mol. The highest BCUT2D eigenvalue weighted by molar-refractivity contribution is 5.84. The van der Waals surface area contributed by atoms with Crippen molar-refractivity contribution < 1.29 is 4.74 Å². The van der Waals surface area contributed by atoms with E-state index in [-0.39, 0.29) is 0 Å². The first-order valence-electron chi connectivity index (χ1n) is 10.8. The van der Waals surface area contributed by atoms with Crippen molar-refractivity contribution in [3.63, 3.8) is 0 Å². The fraction of sp³-hybridized carbons (Fsp3) is 0.333. The predicted molar refractivity (Wildman–Crippen MR) is 119 cm³/mol. The minimum atomic E-state index is 0.821. The van der Waals surface area contributed by atoms with Crippen molar-refractivity contribution in [1.82, 2.24) is 0 Å². The van der Waals surface area contributed by atoms with Gasteiger partial charge >= 0.3 is 0 Å². The Kier molecular flexibility index (Phi) is 6.11. The Morgan fingerprint density at radius 2 is 1.39 bits per heavy atom. The lowest BCUT2D eigenvalue weighted by atomic mass is 9.96. The van der Waals surface area contributed by atoms with Crippen LogP contribution in [0.3, 0.4) is 0 Å². The van der Waals surface area contributed by atoms with Gasteiger partial charge in [0.1, 0.15) is 5.75 Å². The molecule has 0 fully saturated rings. The maximum Gasteiger partial charge on any atom is 0.119 e. The number of rotatable bonds is 9. The summed E-state index contributed by atoms with van der Waals surface area (Å²) in [5.74, 6) is 0.980. The van der Waals surface area contributed by atoms with Crippen molar-refractivity contribution in [2.24, 2.45) is 0 Å². The number of hydrogen-bond donors (Lipinski definition) is 0. The van der Waals surface area contributed by atoms with Crippen LogP contribution >= 0.6 is 0 Å². The SMILES string of the molecule is CCCCCCCCOc1ccc(-c2cccc3c2Cc2ccccc2-3)cc1. The molecule has 3 aromatic carbocycles. The summed E-state index contributed by atoms with van der Waals surface area (Å²) >= 11 is 0. The first-order chi connectivity index (χ1) is 13.9. The van der Waals surface area contributed by atoms with Gasteiger partial charge in [-0.15, -0.1) is 0 Å². The Labute approximate surface area is 169 Å². The molecule has 1 aliphatic carbocycles. The second-order valence-corrected chi connectivity index (χ2v) is 7.81. The van der Waals surface area contributed by atoms with Gasteiger partial charge in [-0.3, -0.25) is 0 Å². The standard InChI is InChI=1S/C27H30O/c1-2-3-4-5-6-9-19-28-23-17-15-21(16-18-23)24-13-10-14-26-25-12-8-7-11-22(25)20-27(24)26/h7-8,10-18H,2-6,9,19-20H2,1H3. The zero-order chi connectivity index (χ0) is 19.2. The Balaban J connectivity index is 1.39. The molecule has 1 aliphatic rings. The number of benzene rings is 3. The molecule has 0 aromatic heterocycles. The number of fused-ring (bicyclic) bond motifs is 3. The van der Waals surface area contributed by atoms with E-state index in [1.807, 2.05) is 0 Å². The van der Waals surface area contributed by atoms with Gasteiger partial charge in [0.2, 0.25) is 0 Å². The molecular formula is C27H30O. The van der Waals surface area contributed by atoms with Gasteiger partial charge < -0.3 is 4.74 Å². The summed E-state index contributed by atoms with van der Waals surface area (Å²) in [6.07, 6.45) is 8.80. The second-order valence-electron chi connectivity index (χ2n) is 7.81. The molecule has 144 valence electrons. The Hall–Kier alpha value is -2.54. The molecule has 0 unspecified atom stereocenters. The van der Waals surface area contributed by atoms with Crippen LogP contribution in [0.4, 0.5) is 0 Å². The molecule has 0 saturated heterocycles. The van der Waals surface area contributed by atoms with E-state index in [1.165, 1.54) is 65.5 Å². The highest BCUT2D eigenvalue weighted by Crippen LogP contribution is 2.41. The van der Waals surface area contributed by atoms with Gasteiger partial charge in [0, 0.05) is 0 Å². The summed E-state index contributed by atoms with van der Waals surface area (Å²) in [6.45, 7) is 3.08. The van der Waals surface area contributed by atoms with Gasteiger partial charge in [0.05, 0.1) is 6.61 Å². The van der Waals surface area contributed by atoms with Crippen LogP contribution < -0.4 is 4.74 Å². The number of ether oxygens (including phenoxy) is 1. The van der Waals surface area contributed by atoms with Crippen LogP contribution in [0, 0.1) is 0 Å². The van der Waals surface area contributed by atoms with Crippen LogP contribution in [0.15, 0.2) is 66.7 Å². The van der Waals surface area contributed by atoms with Crippen molar-refractivity contribution in [1.29, 1.82) is 0 Å². The first kappa shape index (κ1) is 18.8. The van der Waals surface area contributed by atoms with E-state index < -0.39 is 0 Å². The molecule has 28 heavy (non-hydrogen) atoms. The minimum Gasteiger partial charge on any atom is -0.494 e. The van der Waals surface area contributed by atoms with Gasteiger partial charge in [0.15, 0.2) is 0 Å². The van der Waals surface area contributed by atoms with Gasteiger partial charge in [-0.25, -0.2) is 0 Å². The van der Waals surface area contributed by atoms with Crippen LogP contribution in [0.5, 0.6) is 5.75 Å². The zero-order valence-electron chi connectivity index (χ0n) is 16.9. The van der Waals surface area contributed by atoms with E-state index >= 15 is 0 Å². The molecule has 0 spiro atoms. The molecule has 1 nitrogen and oxygen atoms in total. The zero-order valence-corrected chi connectivity index (χ0v) is 16.9. The van der Waals surface area contributed by atoms with Crippen molar-refractivity contribution in [3.8, 4) is 28.0 Å². The smallest absolute Gasteiger partial charge is 0.119 e. The molecule has 1 heteroatoms. The lowest BCUT2D eigenvalue weighted by Gasteiger charge is -2.11. The van der Waals surface area contributed by atoms with Gasteiger partial charge in [0.25, 0.3) is 0 Å². The lowest BCUT2D eigenvalue weighted by Crippen LogP contribution is -1.97. The maximum atomic E-state index is 5.95. The first-order valence-corrected chi connectivity index (χ1v) is 10.8. The Morgan fingerprint density at radius 3 is 2.25 bits per heavy atom. The van der Waals surface area contributed by atoms with E-state index in [0.29, 0.717) is 0 Å². The van der Waals surface area contributed by atoms with Crippen molar-refractivity contribution in [2.75, 3.05) is 6.61 Å². The van der Waals surface area contributed by atoms with E-state index in [9.17, 15) is 0 Å². The third-order valence-electron chi connectivity index (χ3n) is 5.78. The summed E-state index contributed by atoms with van der Waals surface area (Å²) in [5, 5.41) is 0. The van der Waals surface area contributed by atoms with E-state index in [1.54, 1.807) is 0 Å². The molecule has 0 radical (unpaired) electrons. The molecule has 0 aliphatic heterocycles. The van der Waals surface area contributed by atoms with Crippen LogP contribution in [-0.2, 0) is 6.42 Å². The second kappa shape index (κ2) is 9.10. The summed E-state index contributed by atoms with van der Waals surface area (Å²) in [7, 11) is 0. The van der Waals surface area contributed by atoms with Gasteiger partial charge in [-0.05, 0) is 58.4 Å². The summed E-state index contributed by atoms with van der Waals surface area (Å²) < 4.78 is 5.95. The summed E-state index contributed by atoms with van der Waals surface area (Å²) in [5.41, 5.74) is 8.27. The molecule has 3 aromatic rings. The van der Waals surface area contributed by atoms with Crippen molar-refractivity contribution >= 4 is 0 Å². The quantitative estimate of drug-likeness (QED) is 0.275. The predicted octanol–water partition coefficient (Wildman–Crippen LogP) is 7.66. The average Bonchev–Trinajstić information content (AvgIpc) is 3.12. The van der Waals surface area contributed by atoms with Crippen LogP contribution in [-0.4, -0.2) is 6.61 Å².